The zero-order valence-corrected chi connectivity index (χ0v) is 14.7. The quantitative estimate of drug-likeness (QED) is 0.785. The van der Waals surface area contributed by atoms with Crippen LogP contribution in [0.2, 0.25) is 0 Å². The van der Waals surface area contributed by atoms with Gasteiger partial charge in [0.05, 0.1) is 17.7 Å². The molecule has 1 fully saturated rings. The lowest BCUT2D eigenvalue weighted by atomic mass is 9.92. The molecule has 24 heavy (non-hydrogen) atoms. The second-order valence-electron chi connectivity index (χ2n) is 6.09. The van der Waals surface area contributed by atoms with Crippen LogP contribution in [0.25, 0.3) is 0 Å². The summed E-state index contributed by atoms with van der Waals surface area (Å²) in [6, 6.07) is 3.05. The zero-order chi connectivity index (χ0) is 18.0. The summed E-state index contributed by atoms with van der Waals surface area (Å²) in [5.41, 5.74) is -1.09. The molecule has 0 heterocycles. The van der Waals surface area contributed by atoms with Gasteiger partial charge in [-0.3, -0.25) is 9.59 Å². The molecule has 4 nitrogen and oxygen atoms in total. The van der Waals surface area contributed by atoms with Crippen LogP contribution in [-0.2, 0) is 15.8 Å². The Morgan fingerprint density at radius 1 is 1.25 bits per heavy atom. The molecule has 2 rings (SSSR count). The fourth-order valence-corrected chi connectivity index (χ4v) is 3.54. The van der Waals surface area contributed by atoms with Gasteiger partial charge >= 0.3 is 6.18 Å². The molecule has 0 saturated heterocycles. The van der Waals surface area contributed by atoms with Crippen LogP contribution in [0.3, 0.4) is 0 Å². The maximum Gasteiger partial charge on any atom is 0.416 e. The molecule has 0 aliphatic heterocycles. The molecule has 1 saturated carbocycles. The Kier molecular flexibility index (Phi) is 5.57. The first kappa shape index (κ1) is 18.8. The largest absolute Gasteiger partial charge is 0.416 e. The molecule has 0 unspecified atom stereocenters. The fraction of sp³-hybridized carbons (Fsp3) is 0.500. The maximum atomic E-state index is 12.7. The van der Waals surface area contributed by atoms with Gasteiger partial charge < -0.3 is 10.6 Å². The zero-order valence-electron chi connectivity index (χ0n) is 13.1. The molecule has 0 radical (unpaired) electrons. The predicted octanol–water partition coefficient (Wildman–Crippen LogP) is 4.25. The Morgan fingerprint density at radius 3 is 2.38 bits per heavy atom. The molecule has 1 aromatic rings. The van der Waals surface area contributed by atoms with E-state index in [1.54, 1.807) is 0 Å². The van der Waals surface area contributed by atoms with Crippen LogP contribution in [0.1, 0.15) is 44.6 Å². The van der Waals surface area contributed by atoms with Crippen molar-refractivity contribution >= 4 is 33.4 Å². The van der Waals surface area contributed by atoms with E-state index < -0.39 is 17.3 Å². The molecule has 1 aliphatic carbocycles. The molecule has 1 aromatic carbocycles. The Morgan fingerprint density at radius 2 is 1.88 bits per heavy atom. The van der Waals surface area contributed by atoms with Crippen LogP contribution in [0.5, 0.6) is 0 Å². The van der Waals surface area contributed by atoms with Crippen molar-refractivity contribution in [1.29, 1.82) is 0 Å². The lowest BCUT2D eigenvalue weighted by Crippen LogP contribution is -2.47. The maximum absolute atomic E-state index is 12.7. The first-order valence-corrected chi connectivity index (χ1v) is 8.36. The van der Waals surface area contributed by atoms with E-state index in [9.17, 15) is 22.8 Å². The van der Waals surface area contributed by atoms with Crippen LogP contribution in [0.15, 0.2) is 22.7 Å². The number of anilines is 1. The monoisotopic (exact) mass is 406 g/mol. The molecule has 8 heteroatoms. The smallest absolute Gasteiger partial charge is 0.350 e. The summed E-state index contributed by atoms with van der Waals surface area (Å²) in [5, 5.41) is 5.46. The van der Waals surface area contributed by atoms with Crippen molar-refractivity contribution in [3.63, 3.8) is 0 Å². The number of benzene rings is 1. The minimum Gasteiger partial charge on any atom is -0.350 e. The van der Waals surface area contributed by atoms with Gasteiger partial charge in [-0.2, -0.15) is 13.2 Å². The highest BCUT2D eigenvalue weighted by Crippen LogP contribution is 2.35. The van der Waals surface area contributed by atoms with Crippen LogP contribution in [0.4, 0.5) is 18.9 Å². The number of hydrogen-bond donors (Lipinski definition) is 2. The van der Waals surface area contributed by atoms with E-state index in [0.29, 0.717) is 12.8 Å². The van der Waals surface area contributed by atoms with Gasteiger partial charge in [-0.1, -0.05) is 12.8 Å². The second kappa shape index (κ2) is 7.13. The van der Waals surface area contributed by atoms with Gasteiger partial charge in [0, 0.05) is 16.9 Å². The van der Waals surface area contributed by atoms with Crippen molar-refractivity contribution in [2.75, 3.05) is 5.32 Å². The highest BCUT2D eigenvalue weighted by atomic mass is 79.9. The van der Waals surface area contributed by atoms with Gasteiger partial charge in [0.1, 0.15) is 0 Å². The third-order valence-electron chi connectivity index (χ3n) is 4.07. The van der Waals surface area contributed by atoms with Crippen LogP contribution < -0.4 is 10.6 Å². The third-order valence-corrected chi connectivity index (χ3v) is 4.73. The molecule has 0 aromatic heterocycles. The second-order valence-corrected chi connectivity index (χ2v) is 6.94. The summed E-state index contributed by atoms with van der Waals surface area (Å²) in [5.74, 6) is -0.536. The lowest BCUT2D eigenvalue weighted by Gasteiger charge is -2.29. The number of amides is 2. The average Bonchev–Trinajstić information content (AvgIpc) is 2.86. The number of rotatable bonds is 4. The lowest BCUT2D eigenvalue weighted by molar-refractivity contribution is -0.137. The van der Waals surface area contributed by atoms with Crippen LogP contribution in [0, 0.1) is 0 Å². The van der Waals surface area contributed by atoms with E-state index >= 15 is 0 Å². The van der Waals surface area contributed by atoms with Crippen molar-refractivity contribution in [3.8, 4) is 0 Å². The predicted molar refractivity (Wildman–Crippen MR) is 87.4 cm³/mol. The van der Waals surface area contributed by atoms with E-state index in [4.69, 9.17) is 0 Å². The third kappa shape index (κ3) is 4.72. The Bertz CT molecular complexity index is 641. The van der Waals surface area contributed by atoms with Gasteiger partial charge in [-0.25, -0.2) is 0 Å². The summed E-state index contributed by atoms with van der Waals surface area (Å²) >= 11 is 3.05. The molecule has 2 N–H and O–H groups in total. The summed E-state index contributed by atoms with van der Waals surface area (Å²) in [6.45, 7) is 1.41. The molecule has 0 atom stereocenters. The van der Waals surface area contributed by atoms with Crippen molar-refractivity contribution in [3.05, 3.63) is 28.2 Å². The van der Waals surface area contributed by atoms with E-state index in [-0.39, 0.29) is 28.4 Å². The molecule has 2 amide bonds. The van der Waals surface area contributed by atoms with Gasteiger partial charge in [-0.15, -0.1) is 0 Å². The van der Waals surface area contributed by atoms with Crippen molar-refractivity contribution in [2.24, 2.45) is 0 Å². The number of alkyl halides is 3. The topological polar surface area (TPSA) is 58.2 Å². The van der Waals surface area contributed by atoms with Gasteiger partial charge in [0.2, 0.25) is 11.8 Å². The fourth-order valence-electron chi connectivity index (χ4n) is 3.07. The van der Waals surface area contributed by atoms with Gasteiger partial charge in [0.15, 0.2) is 0 Å². The van der Waals surface area contributed by atoms with Crippen molar-refractivity contribution < 1.29 is 22.8 Å². The minimum absolute atomic E-state index is 0.0973. The summed E-state index contributed by atoms with van der Waals surface area (Å²) < 4.78 is 38.1. The van der Waals surface area contributed by atoms with Crippen molar-refractivity contribution in [2.45, 2.75) is 50.7 Å². The van der Waals surface area contributed by atoms with E-state index in [1.165, 1.54) is 13.0 Å². The summed E-state index contributed by atoms with van der Waals surface area (Å²) in [6.07, 6.45) is -1.05. The van der Waals surface area contributed by atoms with Crippen molar-refractivity contribution in [1.82, 2.24) is 5.32 Å². The molecule has 0 bridgehead atoms. The number of hydrogen-bond acceptors (Lipinski definition) is 2. The Balaban J connectivity index is 2.08. The Hall–Kier alpha value is -1.57. The van der Waals surface area contributed by atoms with Crippen LogP contribution in [-0.4, -0.2) is 17.4 Å². The minimum atomic E-state index is -4.44. The summed E-state index contributed by atoms with van der Waals surface area (Å²) in [4.78, 5) is 23.7. The molecular weight excluding hydrogens is 389 g/mol. The van der Waals surface area contributed by atoms with Gasteiger partial charge in [-0.05, 0) is 47.0 Å². The number of halogens is 4. The highest BCUT2D eigenvalue weighted by molar-refractivity contribution is 9.10. The highest BCUT2D eigenvalue weighted by Gasteiger charge is 2.37. The van der Waals surface area contributed by atoms with E-state index in [0.717, 1.165) is 25.0 Å². The summed E-state index contributed by atoms with van der Waals surface area (Å²) in [7, 11) is 0. The molecule has 0 spiro atoms. The Labute approximate surface area is 146 Å². The van der Waals surface area contributed by atoms with E-state index in [1.807, 2.05) is 0 Å². The molecular formula is C16H18BrF3N2O2. The standard InChI is InChI=1S/C16H18BrF3N2O2/c1-10(23)22-15(6-2-3-7-15)9-14(24)21-13-5-4-11(8-12(13)17)16(18,19)20/h4-5,8H,2-3,6-7,9H2,1H3,(H,21,24)(H,22,23). The SMILES string of the molecule is CC(=O)NC1(CC(=O)Nc2ccc(C(F)(F)F)cc2Br)CCCC1. The number of nitrogens with one attached hydrogen (secondary N) is 2. The number of carbonyl (C=O) groups excluding carboxylic acids is 2. The first-order chi connectivity index (χ1) is 11.1. The molecule has 1 aliphatic rings. The number of carbonyl (C=O) groups is 2. The average molecular weight is 407 g/mol. The molecule has 132 valence electrons. The van der Waals surface area contributed by atoms with E-state index in [2.05, 4.69) is 26.6 Å². The van der Waals surface area contributed by atoms with Gasteiger partial charge in [0.25, 0.3) is 0 Å². The first-order valence-electron chi connectivity index (χ1n) is 7.57. The van der Waals surface area contributed by atoms with Crippen LogP contribution >= 0.6 is 15.9 Å². The normalized spacial score (nSPS) is 16.7.